The summed E-state index contributed by atoms with van der Waals surface area (Å²) in [5, 5.41) is 9.28. The molecule has 0 bridgehead atoms. The van der Waals surface area contributed by atoms with Crippen LogP contribution in [0.4, 0.5) is 13.2 Å². The van der Waals surface area contributed by atoms with Crippen LogP contribution in [-0.4, -0.2) is 13.9 Å². The van der Waals surface area contributed by atoms with Gasteiger partial charge < -0.3 is 4.18 Å². The smallest absolute Gasteiger partial charge is 0.374 e. The van der Waals surface area contributed by atoms with Crippen molar-refractivity contribution in [3.63, 3.8) is 0 Å². The van der Waals surface area contributed by atoms with E-state index in [1.54, 1.807) is 12.1 Å². The van der Waals surface area contributed by atoms with E-state index < -0.39 is 15.6 Å². The lowest BCUT2D eigenvalue weighted by Crippen LogP contribution is -2.28. The summed E-state index contributed by atoms with van der Waals surface area (Å²) < 4.78 is 69.4. The maximum Gasteiger partial charge on any atom is 0.534 e. The van der Waals surface area contributed by atoms with Gasteiger partial charge in [-0.2, -0.15) is 21.6 Å². The van der Waals surface area contributed by atoms with E-state index >= 15 is 0 Å². The van der Waals surface area contributed by atoms with Crippen LogP contribution in [0.15, 0.2) is 91.0 Å². The average molecular weight is 533 g/mol. The molecule has 0 unspecified atom stereocenters. The van der Waals surface area contributed by atoms with Crippen LogP contribution in [0.2, 0.25) is 0 Å². The molecule has 7 aromatic rings. The van der Waals surface area contributed by atoms with Crippen LogP contribution in [0, 0.1) is 0 Å². The van der Waals surface area contributed by atoms with Gasteiger partial charge in [0.05, 0.1) is 4.70 Å². The fourth-order valence-electron chi connectivity index (χ4n) is 5.22. The van der Waals surface area contributed by atoms with E-state index in [1.807, 2.05) is 42.5 Å². The molecule has 8 heteroatoms. The number of thiophene rings is 1. The molecular formula is C29H15F3O3S2. The topological polar surface area (TPSA) is 43.4 Å². The van der Waals surface area contributed by atoms with Crippen molar-refractivity contribution in [3.05, 3.63) is 91.0 Å². The van der Waals surface area contributed by atoms with Gasteiger partial charge in [-0.25, -0.2) is 0 Å². The molecule has 0 saturated carbocycles. The van der Waals surface area contributed by atoms with Gasteiger partial charge in [0.25, 0.3) is 0 Å². The second-order valence-electron chi connectivity index (χ2n) is 8.87. The molecule has 0 fully saturated rings. The molecule has 0 aliphatic heterocycles. The van der Waals surface area contributed by atoms with Crippen LogP contribution in [0.3, 0.4) is 0 Å². The minimum absolute atomic E-state index is 0.328. The van der Waals surface area contributed by atoms with Gasteiger partial charge in [-0.3, -0.25) is 0 Å². The Balaban J connectivity index is 1.67. The standard InChI is InChI=1S/C29H15F3O3S2/c30-29(31,32)37(33,34)35-25-13-16-7-1-2-8-17(16)27-24-14-22-20-11-5-3-9-18(20)19-10-4-6-12-21(19)23(22)15-26(24)36-28(25)27/h1-15H. The zero-order chi connectivity index (χ0) is 25.5. The molecule has 6 aromatic carbocycles. The molecule has 1 aromatic heterocycles. The normalized spacial score (nSPS) is 12.9. The first-order valence-electron chi connectivity index (χ1n) is 11.3. The Hall–Kier alpha value is -3.88. The van der Waals surface area contributed by atoms with E-state index in [-0.39, 0.29) is 5.75 Å². The number of halogens is 3. The van der Waals surface area contributed by atoms with Gasteiger partial charge in [0.1, 0.15) is 0 Å². The van der Waals surface area contributed by atoms with Gasteiger partial charge in [0.2, 0.25) is 0 Å². The first kappa shape index (κ1) is 22.3. The molecule has 0 amide bonds. The summed E-state index contributed by atoms with van der Waals surface area (Å²) in [6.45, 7) is 0. The minimum atomic E-state index is -5.84. The summed E-state index contributed by atoms with van der Waals surface area (Å²) in [5.41, 5.74) is -5.53. The lowest BCUT2D eigenvalue weighted by atomic mass is 9.93. The summed E-state index contributed by atoms with van der Waals surface area (Å²) in [6, 6.07) is 28.9. The van der Waals surface area contributed by atoms with Crippen LogP contribution in [0.25, 0.3) is 63.3 Å². The Morgan fingerprint density at radius 3 is 1.73 bits per heavy atom. The number of benzene rings is 6. The minimum Gasteiger partial charge on any atom is -0.374 e. The van der Waals surface area contributed by atoms with Gasteiger partial charge >= 0.3 is 15.6 Å². The van der Waals surface area contributed by atoms with Gasteiger partial charge in [0.15, 0.2) is 5.75 Å². The number of hydrogen-bond acceptors (Lipinski definition) is 4. The second kappa shape index (κ2) is 7.57. The van der Waals surface area contributed by atoms with Crippen LogP contribution >= 0.6 is 11.3 Å². The Morgan fingerprint density at radius 1 is 0.622 bits per heavy atom. The number of alkyl halides is 3. The van der Waals surface area contributed by atoms with E-state index in [2.05, 4.69) is 30.3 Å². The van der Waals surface area contributed by atoms with Crippen molar-refractivity contribution in [2.24, 2.45) is 0 Å². The van der Waals surface area contributed by atoms with Crippen LogP contribution in [0.5, 0.6) is 5.75 Å². The fourth-order valence-corrected chi connectivity index (χ4v) is 6.93. The van der Waals surface area contributed by atoms with Crippen molar-refractivity contribution in [1.82, 2.24) is 0 Å². The fraction of sp³-hybridized carbons (Fsp3) is 0.0345. The average Bonchev–Trinajstić information content (AvgIpc) is 3.26. The van der Waals surface area contributed by atoms with Crippen molar-refractivity contribution >= 4 is 84.7 Å². The third-order valence-corrected chi connectivity index (χ3v) is 8.91. The number of hydrogen-bond donors (Lipinski definition) is 0. The van der Waals surface area contributed by atoms with Gasteiger partial charge in [-0.1, -0.05) is 72.8 Å². The monoisotopic (exact) mass is 532 g/mol. The highest BCUT2D eigenvalue weighted by atomic mass is 32.2. The predicted octanol–water partition coefficient (Wildman–Crippen LogP) is 8.90. The quantitative estimate of drug-likeness (QED) is 0.127. The molecule has 7 rings (SSSR count). The zero-order valence-corrected chi connectivity index (χ0v) is 20.5. The third kappa shape index (κ3) is 3.22. The summed E-state index contributed by atoms with van der Waals surface area (Å²) >= 11 is 1.23. The maximum atomic E-state index is 13.2. The highest BCUT2D eigenvalue weighted by Gasteiger charge is 2.48. The maximum absolute atomic E-state index is 13.2. The molecular weight excluding hydrogens is 517 g/mol. The van der Waals surface area contributed by atoms with Crippen LogP contribution in [-0.2, 0) is 10.1 Å². The van der Waals surface area contributed by atoms with Gasteiger partial charge in [-0.15, -0.1) is 11.3 Å². The van der Waals surface area contributed by atoms with Crippen LogP contribution < -0.4 is 4.18 Å². The predicted molar refractivity (Wildman–Crippen MR) is 145 cm³/mol. The highest BCUT2D eigenvalue weighted by Crippen LogP contribution is 2.47. The lowest BCUT2D eigenvalue weighted by Gasteiger charge is -2.12. The number of fused-ring (bicyclic) bond motifs is 11. The number of rotatable bonds is 2. The molecule has 182 valence electrons. The summed E-state index contributed by atoms with van der Waals surface area (Å²) in [5.74, 6) is -0.328. The molecule has 0 radical (unpaired) electrons. The Labute approximate surface area is 212 Å². The molecule has 37 heavy (non-hydrogen) atoms. The van der Waals surface area contributed by atoms with Gasteiger partial charge in [-0.05, 0) is 61.3 Å². The van der Waals surface area contributed by atoms with Gasteiger partial charge in [0, 0.05) is 15.5 Å². The molecule has 1 heterocycles. The summed E-state index contributed by atoms with van der Waals surface area (Å²) in [6.07, 6.45) is 0. The van der Waals surface area contributed by atoms with Crippen molar-refractivity contribution in [2.45, 2.75) is 5.51 Å². The van der Waals surface area contributed by atoms with Crippen molar-refractivity contribution in [1.29, 1.82) is 0 Å². The summed E-state index contributed by atoms with van der Waals surface area (Å²) in [4.78, 5) is 0. The van der Waals surface area contributed by atoms with E-state index in [0.717, 1.165) is 47.8 Å². The largest absolute Gasteiger partial charge is 0.534 e. The Kier molecular flexibility index (Phi) is 4.57. The molecule has 0 aliphatic carbocycles. The first-order valence-corrected chi connectivity index (χ1v) is 13.6. The zero-order valence-electron chi connectivity index (χ0n) is 18.8. The van der Waals surface area contributed by atoms with E-state index in [4.69, 9.17) is 4.18 Å². The second-order valence-corrected chi connectivity index (χ2v) is 11.5. The molecule has 3 nitrogen and oxygen atoms in total. The van der Waals surface area contributed by atoms with Crippen LogP contribution in [0.1, 0.15) is 0 Å². The Bertz CT molecular complexity index is 2180. The SMILES string of the molecule is O=S(=O)(Oc1cc2ccccc2c2c1sc1cc3c4ccccc4c4ccccc4c3cc12)C(F)(F)F. The highest BCUT2D eigenvalue weighted by molar-refractivity contribution is 7.88. The van der Waals surface area contributed by atoms with E-state index in [0.29, 0.717) is 15.5 Å². The molecule has 0 aliphatic rings. The molecule has 0 N–H and O–H groups in total. The molecule has 0 atom stereocenters. The van der Waals surface area contributed by atoms with E-state index in [9.17, 15) is 21.6 Å². The molecule has 0 saturated heterocycles. The van der Waals surface area contributed by atoms with Crippen molar-refractivity contribution in [2.75, 3.05) is 0 Å². The Morgan fingerprint density at radius 2 is 1.14 bits per heavy atom. The summed E-state index contributed by atoms with van der Waals surface area (Å²) in [7, 11) is -5.84. The van der Waals surface area contributed by atoms with Crippen molar-refractivity contribution in [3.8, 4) is 5.75 Å². The molecule has 0 spiro atoms. The van der Waals surface area contributed by atoms with Crippen molar-refractivity contribution < 1.29 is 25.8 Å². The first-order chi connectivity index (χ1) is 17.7. The lowest BCUT2D eigenvalue weighted by molar-refractivity contribution is -0.0499. The van der Waals surface area contributed by atoms with E-state index in [1.165, 1.54) is 17.4 Å². The third-order valence-electron chi connectivity index (χ3n) is 6.78.